The molecular weight excluding hydrogens is 1090 g/mol. The van der Waals surface area contributed by atoms with Crippen molar-refractivity contribution in [3.8, 4) is 11.8 Å². The minimum atomic E-state index is -4.62. The van der Waals surface area contributed by atoms with Crippen molar-refractivity contribution in [1.82, 2.24) is 29.5 Å². The maximum Gasteiger partial charge on any atom is 0.293 e. The topological polar surface area (TPSA) is 222 Å². The molecule has 22 heteroatoms. The summed E-state index contributed by atoms with van der Waals surface area (Å²) in [6.07, 6.45) is 8.81. The first-order valence-corrected chi connectivity index (χ1v) is 31.5. The van der Waals surface area contributed by atoms with Gasteiger partial charge in [0.1, 0.15) is 28.9 Å². The molecule has 0 unspecified atom stereocenters. The minimum absolute atomic E-state index is 0.119. The van der Waals surface area contributed by atoms with Gasteiger partial charge in [0.15, 0.2) is 0 Å². The first-order valence-electron chi connectivity index (χ1n) is 30.0. The van der Waals surface area contributed by atoms with Crippen LogP contribution < -0.4 is 34.2 Å². The van der Waals surface area contributed by atoms with Crippen LogP contribution in [0.2, 0.25) is 0 Å². The fourth-order valence-corrected chi connectivity index (χ4v) is 15.6. The van der Waals surface area contributed by atoms with E-state index in [0.29, 0.717) is 88.2 Å². The molecule has 7 aliphatic heterocycles. The van der Waals surface area contributed by atoms with E-state index in [1.165, 1.54) is 28.8 Å². The molecule has 1 amide bonds. The van der Waals surface area contributed by atoms with E-state index in [2.05, 4.69) is 82.8 Å². The summed E-state index contributed by atoms with van der Waals surface area (Å²) in [6.45, 7) is 13.0. The van der Waals surface area contributed by atoms with E-state index >= 15 is 0 Å². The molecule has 1 aliphatic carbocycles. The number of piperazine rings is 1. The second-order valence-corrected chi connectivity index (χ2v) is 25.8. The molecule has 6 fully saturated rings. The van der Waals surface area contributed by atoms with E-state index in [1.54, 1.807) is 6.07 Å². The Balaban J connectivity index is 0.711. The number of morpholine rings is 1. The molecule has 10 heterocycles. The number of pyridine rings is 2. The van der Waals surface area contributed by atoms with Gasteiger partial charge in [0.2, 0.25) is 11.8 Å². The van der Waals surface area contributed by atoms with Crippen LogP contribution in [0.5, 0.6) is 11.8 Å². The number of carbonyl (C=O) groups is 1. The lowest BCUT2D eigenvalue weighted by Crippen LogP contribution is -2.60. The number of aromatic nitrogens is 3. The number of nitro benzene ring substituents is 1. The predicted octanol–water partition coefficient (Wildman–Crippen LogP) is 8.29. The van der Waals surface area contributed by atoms with Crippen LogP contribution in [0.3, 0.4) is 0 Å². The van der Waals surface area contributed by atoms with E-state index in [-0.39, 0.29) is 40.7 Å². The number of aromatic amines is 1. The summed E-state index contributed by atoms with van der Waals surface area (Å²) in [5.74, 6) is 1.48. The van der Waals surface area contributed by atoms with Crippen LogP contribution in [0, 0.1) is 28.4 Å². The van der Waals surface area contributed by atoms with Crippen LogP contribution in [0.1, 0.15) is 90.5 Å². The van der Waals surface area contributed by atoms with Crippen LogP contribution in [-0.2, 0) is 24.2 Å². The van der Waals surface area contributed by atoms with Gasteiger partial charge in [-0.3, -0.25) is 24.7 Å². The normalized spacial score (nSPS) is 24.1. The number of rotatable bonds is 13. The number of piperidine rings is 1. The maximum atomic E-state index is 14.8. The molecule has 84 heavy (non-hydrogen) atoms. The highest BCUT2D eigenvalue weighted by Crippen LogP contribution is 2.54. The standard InChI is InChI=1S/C62H73N11O10S/c1-40-4-2-3-5-46(40)55-38-70(50-16-29-82-60-48(50)9-11-57(65-60)69-24-30-80-31-25-69)22-23-71(55)44-35-62(36-44)17-20-68(21-18-62)43-6-8-47(52(33-43)72-51-15-28-81-39-56(51)83-61-54(72)32-42-12-19-63-58(42)66-61)59(74)67-84(77,78)45-7-10-49(53(34-45)73(75)76)64-37-41-13-26-79-27-14-41/h2-12,19,32-34,41,44,50-51,55-56,64H,13-18,20-31,35-39H2,1H3,(H,63,66)(H,67,74)/t50-,51-,55-,56-/m0/s1. The number of nitrogens with zero attached hydrogens (tertiary/aromatic N) is 8. The lowest BCUT2D eigenvalue weighted by atomic mass is 9.59. The van der Waals surface area contributed by atoms with Gasteiger partial charge in [0.05, 0.1) is 53.5 Å². The number of benzene rings is 3. The van der Waals surface area contributed by atoms with Gasteiger partial charge in [-0.15, -0.1) is 0 Å². The van der Waals surface area contributed by atoms with Gasteiger partial charge >= 0.3 is 0 Å². The second kappa shape index (κ2) is 22.7. The third-order valence-corrected chi connectivity index (χ3v) is 20.7. The number of ether oxygens (including phenoxy) is 5. The molecule has 5 saturated heterocycles. The van der Waals surface area contributed by atoms with Crippen molar-refractivity contribution in [3.05, 3.63) is 123 Å². The second-order valence-electron chi connectivity index (χ2n) is 24.2. The number of hydrogen-bond acceptors (Lipinski definition) is 18. The molecule has 6 aromatic rings. The van der Waals surface area contributed by atoms with Crippen LogP contribution in [0.4, 0.5) is 34.3 Å². The van der Waals surface area contributed by atoms with E-state index in [1.807, 2.05) is 30.5 Å². The molecule has 21 nitrogen and oxygen atoms in total. The molecule has 3 aromatic heterocycles. The van der Waals surface area contributed by atoms with E-state index in [0.717, 1.165) is 120 Å². The molecule has 8 aliphatic rings. The molecule has 3 N–H and O–H groups in total. The molecule has 14 rings (SSSR count). The number of hydrogen-bond donors (Lipinski definition) is 3. The Hall–Kier alpha value is -7.08. The zero-order valence-corrected chi connectivity index (χ0v) is 48.3. The number of anilines is 5. The number of sulfonamides is 1. The van der Waals surface area contributed by atoms with Crippen LogP contribution >= 0.6 is 0 Å². The monoisotopic (exact) mass is 1160 g/mol. The summed E-state index contributed by atoms with van der Waals surface area (Å²) in [6, 6.07) is 27.2. The number of aryl methyl sites for hydroxylation is 1. The smallest absolute Gasteiger partial charge is 0.293 e. The summed E-state index contributed by atoms with van der Waals surface area (Å²) in [5, 5.41) is 16.4. The van der Waals surface area contributed by atoms with Gasteiger partial charge in [-0.1, -0.05) is 24.3 Å². The first kappa shape index (κ1) is 54.8. The summed E-state index contributed by atoms with van der Waals surface area (Å²) in [7, 11) is -4.62. The number of carbonyl (C=O) groups excluding carboxylic acids is 1. The molecule has 1 saturated carbocycles. The number of amides is 1. The van der Waals surface area contributed by atoms with Crippen molar-refractivity contribution in [2.45, 2.75) is 93.5 Å². The number of H-pyrrole nitrogens is 1. The van der Waals surface area contributed by atoms with Crippen molar-refractivity contribution in [2.24, 2.45) is 11.3 Å². The summed E-state index contributed by atoms with van der Waals surface area (Å²) < 4.78 is 60.7. The zero-order chi connectivity index (χ0) is 57.1. The summed E-state index contributed by atoms with van der Waals surface area (Å²) in [4.78, 5) is 51.6. The largest absolute Gasteiger partial charge is 0.477 e. The van der Waals surface area contributed by atoms with Crippen molar-refractivity contribution >= 4 is 61.2 Å². The highest BCUT2D eigenvalue weighted by Gasteiger charge is 2.51. The zero-order valence-electron chi connectivity index (χ0n) is 47.5. The van der Waals surface area contributed by atoms with Gasteiger partial charge in [0, 0.05) is 126 Å². The van der Waals surface area contributed by atoms with Crippen LogP contribution in [-0.4, -0.2) is 161 Å². The lowest BCUT2D eigenvalue weighted by Gasteiger charge is -2.59. The number of nitrogens with one attached hydrogen (secondary N) is 3. The van der Waals surface area contributed by atoms with E-state index in [9.17, 15) is 23.3 Å². The highest BCUT2D eigenvalue weighted by molar-refractivity contribution is 7.90. The fourth-order valence-electron chi connectivity index (χ4n) is 14.7. The van der Waals surface area contributed by atoms with Crippen LogP contribution in [0.15, 0.2) is 96.0 Å². The Morgan fingerprint density at radius 2 is 1.60 bits per heavy atom. The molecular formula is C62H73N11O10S. The quantitative estimate of drug-likeness (QED) is 0.0731. The molecule has 442 valence electrons. The number of fused-ring (bicyclic) bond motifs is 4. The molecule has 3 aromatic carbocycles. The third kappa shape index (κ3) is 10.6. The van der Waals surface area contributed by atoms with Crippen molar-refractivity contribution in [2.75, 3.05) is 119 Å². The summed E-state index contributed by atoms with van der Waals surface area (Å²) in [5.41, 5.74) is 6.73. The molecule has 0 bridgehead atoms. The Kier molecular flexibility index (Phi) is 14.8. The Labute approximate surface area is 489 Å². The van der Waals surface area contributed by atoms with E-state index in [4.69, 9.17) is 33.7 Å². The van der Waals surface area contributed by atoms with Crippen LogP contribution in [0.25, 0.3) is 11.0 Å². The van der Waals surface area contributed by atoms with Gasteiger partial charge in [-0.05, 0) is 129 Å². The average Bonchev–Trinajstić information content (AvgIpc) is 3.88. The minimum Gasteiger partial charge on any atom is -0.477 e. The summed E-state index contributed by atoms with van der Waals surface area (Å²) >= 11 is 0. The third-order valence-electron chi connectivity index (χ3n) is 19.4. The Morgan fingerprint density at radius 1 is 0.786 bits per heavy atom. The van der Waals surface area contributed by atoms with Gasteiger partial charge in [0.25, 0.3) is 21.6 Å². The van der Waals surface area contributed by atoms with Gasteiger partial charge in [-0.2, -0.15) is 9.97 Å². The van der Waals surface area contributed by atoms with Gasteiger partial charge < -0.3 is 48.7 Å². The predicted molar refractivity (Wildman–Crippen MR) is 317 cm³/mol. The highest BCUT2D eigenvalue weighted by atomic mass is 32.2. The van der Waals surface area contributed by atoms with Crippen molar-refractivity contribution in [1.29, 1.82) is 0 Å². The molecule has 4 atom stereocenters. The lowest BCUT2D eigenvalue weighted by molar-refractivity contribution is -0.384. The van der Waals surface area contributed by atoms with Gasteiger partial charge in [-0.25, -0.2) is 13.1 Å². The first-order chi connectivity index (χ1) is 40.9. The molecule has 0 radical (unpaired) electrons. The Morgan fingerprint density at radius 3 is 2.42 bits per heavy atom. The van der Waals surface area contributed by atoms with E-state index < -0.39 is 37.5 Å². The van der Waals surface area contributed by atoms with Crippen molar-refractivity contribution in [3.63, 3.8) is 0 Å². The van der Waals surface area contributed by atoms with Crippen molar-refractivity contribution < 1.29 is 41.8 Å². The molecule has 1 spiro atoms. The fraction of sp³-hybridized carbons (Fsp3) is 0.500. The Bertz CT molecular complexity index is 3560. The number of nitro groups is 1. The SMILES string of the molecule is Cc1ccccc1[C@@H]1CN([C@H]2CCOc3nc(N4CCOCC4)ccc32)CCN1C1CC2(CCN(c3ccc(C(=O)NS(=O)(=O)c4ccc(NCC5CCOCC5)c([N+](=O)[O-])c4)c(N4c5cc6cc[nH]c6nc5O[C@H]5COCC[C@@H]54)c3)CC2)C1. The average molecular weight is 1160 g/mol. The maximum absolute atomic E-state index is 14.8.